The molecule has 0 heterocycles. The summed E-state index contributed by atoms with van der Waals surface area (Å²) in [7, 11) is 0. The van der Waals surface area contributed by atoms with Crippen molar-refractivity contribution in [1.29, 1.82) is 10.5 Å². The van der Waals surface area contributed by atoms with Crippen LogP contribution in [0.15, 0.2) is 0 Å². The van der Waals surface area contributed by atoms with Gasteiger partial charge in [0.15, 0.2) is 0 Å². The number of nitrogens with zero attached hydrogens (tertiary/aromatic N) is 2. The smallest absolute Gasteiger partial charge is 0.197 e. The molecule has 0 atom stereocenters. The van der Waals surface area contributed by atoms with E-state index >= 15 is 0 Å². The zero-order valence-corrected chi connectivity index (χ0v) is 4.74. The quantitative estimate of drug-likeness (QED) is 0.501. The maximum atomic E-state index is 11.7. The van der Waals surface area contributed by atoms with Gasteiger partial charge in [0.2, 0.25) is 0 Å². The SMILES string of the molecule is N#CC(F)(Br)C#N. The lowest BCUT2D eigenvalue weighted by atomic mass is 10.5. The fourth-order valence-corrected chi connectivity index (χ4v) is 0.0250. The lowest BCUT2D eigenvalue weighted by molar-refractivity contribution is 0.454. The molecule has 0 aliphatic heterocycles. The number of rotatable bonds is 0. The summed E-state index contributed by atoms with van der Waals surface area (Å²) in [4.78, 5) is 0. The lowest BCUT2D eigenvalue weighted by Gasteiger charge is -1.89. The molecule has 7 heavy (non-hydrogen) atoms. The predicted octanol–water partition coefficient (Wildman–Crippen LogP) is 1.09. The maximum Gasteiger partial charge on any atom is 0.333 e. The van der Waals surface area contributed by atoms with Crippen LogP contribution < -0.4 is 0 Å². The van der Waals surface area contributed by atoms with E-state index in [2.05, 4.69) is 15.9 Å². The summed E-state index contributed by atoms with van der Waals surface area (Å²) >= 11 is 2.19. The van der Waals surface area contributed by atoms with Gasteiger partial charge in [-0.3, -0.25) is 0 Å². The van der Waals surface area contributed by atoms with Crippen molar-refractivity contribution in [3.8, 4) is 12.1 Å². The minimum absolute atomic E-state index is 1.08. The summed E-state index contributed by atoms with van der Waals surface area (Å²) in [5.74, 6) is 0. The molecular formula is C3BrFN2. The Labute approximate surface area is 48.3 Å². The largest absolute Gasteiger partial charge is 0.333 e. The van der Waals surface area contributed by atoms with Crippen LogP contribution in [0, 0.1) is 22.7 Å². The van der Waals surface area contributed by atoms with Crippen molar-refractivity contribution in [3.63, 3.8) is 0 Å². The van der Waals surface area contributed by atoms with Crippen LogP contribution in [0.2, 0.25) is 0 Å². The first kappa shape index (κ1) is 6.39. The Morgan fingerprint density at radius 2 is 1.71 bits per heavy atom. The number of halogens is 2. The van der Waals surface area contributed by atoms with Gasteiger partial charge in [0.1, 0.15) is 12.1 Å². The molecule has 0 fully saturated rings. The highest BCUT2D eigenvalue weighted by atomic mass is 79.9. The van der Waals surface area contributed by atoms with Crippen molar-refractivity contribution >= 4 is 15.9 Å². The topological polar surface area (TPSA) is 47.6 Å². The van der Waals surface area contributed by atoms with Crippen LogP contribution in [-0.2, 0) is 0 Å². The first-order chi connectivity index (χ1) is 3.12. The number of nitriles is 2. The maximum absolute atomic E-state index is 11.7. The molecule has 0 aliphatic carbocycles. The number of hydrogen-bond acceptors (Lipinski definition) is 2. The van der Waals surface area contributed by atoms with E-state index in [4.69, 9.17) is 10.5 Å². The Morgan fingerprint density at radius 1 is 1.43 bits per heavy atom. The molecule has 0 rings (SSSR count). The molecule has 0 saturated heterocycles. The van der Waals surface area contributed by atoms with Crippen molar-refractivity contribution in [2.24, 2.45) is 0 Å². The highest BCUT2D eigenvalue weighted by Gasteiger charge is 2.22. The van der Waals surface area contributed by atoms with Gasteiger partial charge >= 0.3 is 4.58 Å². The van der Waals surface area contributed by atoms with Crippen LogP contribution in [0.4, 0.5) is 4.39 Å². The van der Waals surface area contributed by atoms with E-state index < -0.39 is 4.58 Å². The van der Waals surface area contributed by atoms with E-state index in [1.54, 1.807) is 0 Å². The molecule has 0 aromatic heterocycles. The summed E-state index contributed by atoms with van der Waals surface area (Å²) in [6.07, 6.45) is 0. The van der Waals surface area contributed by atoms with E-state index in [1.807, 2.05) is 0 Å². The molecular weight excluding hydrogens is 163 g/mol. The molecule has 0 unspecified atom stereocenters. The van der Waals surface area contributed by atoms with Crippen molar-refractivity contribution in [2.75, 3.05) is 0 Å². The molecule has 36 valence electrons. The standard InChI is InChI=1S/C3BrFN2/c4-3(5,1-6)2-7. The van der Waals surface area contributed by atoms with Gasteiger partial charge in [0, 0.05) is 0 Å². The second-order valence-corrected chi connectivity index (χ2v) is 1.89. The van der Waals surface area contributed by atoms with Crippen LogP contribution in [0.1, 0.15) is 0 Å². The van der Waals surface area contributed by atoms with Crippen LogP contribution in [0.5, 0.6) is 0 Å². The molecule has 4 heteroatoms. The fraction of sp³-hybridized carbons (Fsp3) is 0.333. The van der Waals surface area contributed by atoms with Gasteiger partial charge in [-0.25, -0.2) is 0 Å². The van der Waals surface area contributed by atoms with Crippen molar-refractivity contribution in [2.45, 2.75) is 4.58 Å². The molecule has 0 radical (unpaired) electrons. The first-order valence-electron chi connectivity index (χ1n) is 1.33. The molecule has 0 bridgehead atoms. The average Bonchev–Trinajstić information content (AvgIpc) is 1.68. The molecule has 0 N–H and O–H groups in total. The van der Waals surface area contributed by atoms with E-state index in [0.717, 1.165) is 12.1 Å². The van der Waals surface area contributed by atoms with Gasteiger partial charge in [-0.1, -0.05) is 0 Å². The summed E-state index contributed by atoms with van der Waals surface area (Å²) in [6, 6.07) is 2.16. The highest BCUT2D eigenvalue weighted by molar-refractivity contribution is 9.10. The van der Waals surface area contributed by atoms with E-state index in [0.29, 0.717) is 0 Å². The number of alkyl halides is 2. The van der Waals surface area contributed by atoms with Gasteiger partial charge in [-0.05, 0) is 15.9 Å². The summed E-state index contributed by atoms with van der Waals surface area (Å²) in [5, 5.41) is 15.4. The van der Waals surface area contributed by atoms with Crippen molar-refractivity contribution in [3.05, 3.63) is 0 Å². The Bertz CT molecular complexity index is 124. The zero-order valence-electron chi connectivity index (χ0n) is 3.15. The molecule has 0 amide bonds. The van der Waals surface area contributed by atoms with Crippen LogP contribution in [0.25, 0.3) is 0 Å². The normalized spacial score (nSPS) is 9.14. The van der Waals surface area contributed by atoms with Gasteiger partial charge in [-0.2, -0.15) is 14.9 Å². The van der Waals surface area contributed by atoms with Gasteiger partial charge < -0.3 is 0 Å². The Morgan fingerprint density at radius 3 is 1.71 bits per heavy atom. The minimum Gasteiger partial charge on any atom is -0.197 e. The second-order valence-electron chi connectivity index (χ2n) is 0.798. The molecule has 0 aromatic rings. The second kappa shape index (κ2) is 1.90. The predicted molar refractivity (Wildman–Crippen MR) is 24.0 cm³/mol. The van der Waals surface area contributed by atoms with Crippen LogP contribution >= 0.6 is 15.9 Å². The third kappa shape index (κ3) is 2.13. The van der Waals surface area contributed by atoms with Crippen LogP contribution in [-0.4, -0.2) is 4.58 Å². The van der Waals surface area contributed by atoms with Gasteiger partial charge in [0.05, 0.1) is 0 Å². The zero-order chi connectivity index (χ0) is 5.91. The Kier molecular flexibility index (Phi) is 1.74. The molecule has 0 aliphatic rings. The third-order valence-corrected chi connectivity index (χ3v) is 0.635. The third-order valence-electron chi connectivity index (χ3n) is 0.281. The molecule has 0 spiro atoms. The summed E-state index contributed by atoms with van der Waals surface area (Å²) in [5.41, 5.74) is 0. The monoisotopic (exact) mass is 162 g/mol. The van der Waals surface area contributed by atoms with E-state index in [1.165, 1.54) is 0 Å². The molecule has 2 nitrogen and oxygen atoms in total. The van der Waals surface area contributed by atoms with Crippen LogP contribution in [0.3, 0.4) is 0 Å². The minimum atomic E-state index is -2.49. The highest BCUT2D eigenvalue weighted by Crippen LogP contribution is 2.15. The Hall–Kier alpha value is -0.610. The van der Waals surface area contributed by atoms with E-state index in [9.17, 15) is 4.39 Å². The molecule has 0 aromatic carbocycles. The lowest BCUT2D eigenvalue weighted by Crippen LogP contribution is -2.03. The van der Waals surface area contributed by atoms with Gasteiger partial charge in [-0.15, -0.1) is 0 Å². The van der Waals surface area contributed by atoms with Crippen molar-refractivity contribution in [1.82, 2.24) is 0 Å². The fourth-order valence-electron chi connectivity index (χ4n) is 0.0250. The summed E-state index contributed by atoms with van der Waals surface area (Å²) < 4.78 is 9.25. The van der Waals surface area contributed by atoms with Crippen molar-refractivity contribution < 1.29 is 4.39 Å². The molecule has 0 saturated carbocycles. The summed E-state index contributed by atoms with van der Waals surface area (Å²) in [6.45, 7) is 0. The Balaban J connectivity index is 4.00. The van der Waals surface area contributed by atoms with E-state index in [-0.39, 0.29) is 0 Å². The number of hydrogen-bond donors (Lipinski definition) is 0. The first-order valence-corrected chi connectivity index (χ1v) is 2.12. The average molecular weight is 163 g/mol. The van der Waals surface area contributed by atoms with Gasteiger partial charge in [0.25, 0.3) is 0 Å².